The van der Waals surface area contributed by atoms with Crippen molar-refractivity contribution in [3.8, 4) is 0 Å². The topological polar surface area (TPSA) is 51.6 Å². The van der Waals surface area contributed by atoms with Gasteiger partial charge in [0.15, 0.2) is 0 Å². The molecule has 0 amide bonds. The third-order valence-electron chi connectivity index (χ3n) is 3.70. The Hall–Kier alpha value is -1.18. The number of hydrogen-bond acceptors (Lipinski definition) is 4. The Balaban J connectivity index is 2.40. The van der Waals surface area contributed by atoms with Crippen molar-refractivity contribution in [2.75, 3.05) is 20.3 Å². The van der Waals surface area contributed by atoms with Gasteiger partial charge in [0.05, 0.1) is 5.56 Å². The van der Waals surface area contributed by atoms with E-state index in [1.165, 1.54) is 7.11 Å². The predicted molar refractivity (Wildman–Crippen MR) is 64.0 cm³/mol. The number of pyridine rings is 1. The second-order valence-electron chi connectivity index (χ2n) is 4.74. The van der Waals surface area contributed by atoms with E-state index in [0.29, 0.717) is 26.1 Å². The number of nitrogens with zero attached hydrogens (tertiary/aromatic N) is 1. The minimum atomic E-state index is -4.54. The molecule has 1 saturated heterocycles. The van der Waals surface area contributed by atoms with Crippen LogP contribution in [0.4, 0.5) is 13.2 Å². The highest BCUT2D eigenvalue weighted by atomic mass is 19.4. The van der Waals surface area contributed by atoms with Crippen LogP contribution in [-0.2, 0) is 15.7 Å². The van der Waals surface area contributed by atoms with Crippen LogP contribution in [0.25, 0.3) is 0 Å². The molecule has 0 aliphatic carbocycles. The van der Waals surface area contributed by atoms with Crippen molar-refractivity contribution in [1.82, 2.24) is 4.98 Å². The van der Waals surface area contributed by atoms with Crippen molar-refractivity contribution in [3.05, 3.63) is 29.6 Å². The highest BCUT2D eigenvalue weighted by Crippen LogP contribution is 2.42. The van der Waals surface area contributed by atoms with E-state index in [4.69, 9.17) is 9.47 Å². The smallest absolute Gasteiger partial charge is 0.385 e. The number of ether oxygens (including phenoxy) is 2. The lowest BCUT2D eigenvalue weighted by atomic mass is 9.83. The summed E-state index contributed by atoms with van der Waals surface area (Å²) >= 11 is 0. The second-order valence-corrected chi connectivity index (χ2v) is 4.74. The van der Waals surface area contributed by atoms with Crippen molar-refractivity contribution < 1.29 is 27.8 Å². The van der Waals surface area contributed by atoms with Gasteiger partial charge in [0.1, 0.15) is 11.7 Å². The summed E-state index contributed by atoms with van der Waals surface area (Å²) in [6.07, 6.45) is -3.18. The molecular formula is C13H16F3NO3. The fourth-order valence-electron chi connectivity index (χ4n) is 2.47. The number of rotatable bonds is 3. The summed E-state index contributed by atoms with van der Waals surface area (Å²) in [5.74, 6) is 0. The normalized spacial score (nSPS) is 20.6. The van der Waals surface area contributed by atoms with Gasteiger partial charge in [0, 0.05) is 51.1 Å². The molecule has 1 unspecified atom stereocenters. The first-order chi connectivity index (χ1) is 9.41. The van der Waals surface area contributed by atoms with Crippen molar-refractivity contribution in [3.63, 3.8) is 0 Å². The Bertz CT molecular complexity index is 458. The zero-order chi connectivity index (χ0) is 14.8. The lowest BCUT2D eigenvalue weighted by molar-refractivity contribution is -0.161. The maximum absolute atomic E-state index is 13.0. The summed E-state index contributed by atoms with van der Waals surface area (Å²) in [7, 11) is 1.39. The summed E-state index contributed by atoms with van der Waals surface area (Å²) in [5, 5.41) is 10.4. The number of methoxy groups -OCH3 is 1. The minimum Gasteiger partial charge on any atom is -0.385 e. The summed E-state index contributed by atoms with van der Waals surface area (Å²) in [6.45, 7) is 0.680. The van der Waals surface area contributed by atoms with E-state index < -0.39 is 23.4 Å². The van der Waals surface area contributed by atoms with Crippen LogP contribution in [-0.4, -0.2) is 36.0 Å². The molecule has 2 rings (SSSR count). The second kappa shape index (κ2) is 5.67. The van der Waals surface area contributed by atoms with E-state index >= 15 is 0 Å². The molecular weight excluding hydrogens is 275 g/mol. The van der Waals surface area contributed by atoms with Crippen LogP contribution in [0.3, 0.4) is 0 Å². The molecule has 0 radical (unpaired) electrons. The minimum absolute atomic E-state index is 0.260. The molecule has 20 heavy (non-hydrogen) atoms. The third-order valence-corrected chi connectivity index (χ3v) is 3.70. The molecule has 0 saturated carbocycles. The van der Waals surface area contributed by atoms with Gasteiger partial charge < -0.3 is 14.6 Å². The van der Waals surface area contributed by atoms with Gasteiger partial charge in [-0.25, -0.2) is 0 Å². The lowest BCUT2D eigenvalue weighted by Crippen LogP contribution is -2.44. The van der Waals surface area contributed by atoms with Gasteiger partial charge in [-0.05, 0) is 6.07 Å². The van der Waals surface area contributed by atoms with Gasteiger partial charge in [0.25, 0.3) is 0 Å². The maximum atomic E-state index is 13.0. The van der Waals surface area contributed by atoms with Crippen LogP contribution in [0, 0.1) is 0 Å². The monoisotopic (exact) mass is 291 g/mol. The van der Waals surface area contributed by atoms with Gasteiger partial charge in [-0.1, -0.05) is 0 Å². The molecule has 1 aromatic heterocycles. The molecule has 7 heteroatoms. The van der Waals surface area contributed by atoms with Gasteiger partial charge in [-0.3, -0.25) is 4.98 Å². The fourth-order valence-corrected chi connectivity index (χ4v) is 2.47. The standard InChI is InChI=1S/C13H16F3NO3/c1-19-12(3-6-20-7-4-12)11(18)9-8-17-5-2-10(9)13(14,15)16/h2,5,8,11,18H,3-4,6-7H2,1H3. The molecule has 1 N–H and O–H groups in total. The SMILES string of the molecule is COC1(C(O)c2cnccc2C(F)(F)F)CCOCC1. The van der Waals surface area contributed by atoms with Gasteiger partial charge in [0.2, 0.25) is 0 Å². The fraction of sp³-hybridized carbons (Fsp3) is 0.615. The molecule has 1 aromatic rings. The van der Waals surface area contributed by atoms with E-state index in [9.17, 15) is 18.3 Å². The molecule has 112 valence electrons. The molecule has 0 bridgehead atoms. The molecule has 0 spiro atoms. The van der Waals surface area contributed by atoms with Crippen molar-refractivity contribution in [1.29, 1.82) is 0 Å². The third kappa shape index (κ3) is 2.79. The Labute approximate surface area is 114 Å². The van der Waals surface area contributed by atoms with Crippen LogP contribution in [0.5, 0.6) is 0 Å². The number of aliphatic hydroxyl groups is 1. The summed E-state index contributed by atoms with van der Waals surface area (Å²) in [4.78, 5) is 3.69. The van der Waals surface area contributed by atoms with E-state index in [0.717, 1.165) is 18.5 Å². The Morgan fingerprint density at radius 1 is 1.40 bits per heavy atom. The van der Waals surface area contributed by atoms with Gasteiger partial charge in [-0.2, -0.15) is 13.2 Å². The van der Waals surface area contributed by atoms with Crippen LogP contribution in [0.2, 0.25) is 0 Å². The molecule has 2 heterocycles. The van der Waals surface area contributed by atoms with Crippen LogP contribution in [0.15, 0.2) is 18.5 Å². The van der Waals surface area contributed by atoms with Crippen LogP contribution < -0.4 is 0 Å². The zero-order valence-electron chi connectivity index (χ0n) is 11.0. The number of aliphatic hydroxyl groups excluding tert-OH is 1. The van der Waals surface area contributed by atoms with Crippen LogP contribution >= 0.6 is 0 Å². The average Bonchev–Trinajstić information content (AvgIpc) is 2.46. The first-order valence-electron chi connectivity index (χ1n) is 6.23. The van der Waals surface area contributed by atoms with Gasteiger partial charge >= 0.3 is 6.18 Å². The summed E-state index contributed by atoms with van der Waals surface area (Å²) in [5.41, 5.74) is -2.21. The van der Waals surface area contributed by atoms with E-state index in [1.807, 2.05) is 0 Å². The quantitative estimate of drug-likeness (QED) is 0.928. The first-order valence-corrected chi connectivity index (χ1v) is 6.23. The Morgan fingerprint density at radius 2 is 2.05 bits per heavy atom. The molecule has 1 aliphatic rings. The van der Waals surface area contributed by atoms with Crippen molar-refractivity contribution >= 4 is 0 Å². The highest BCUT2D eigenvalue weighted by molar-refractivity contribution is 5.30. The summed E-state index contributed by atoms with van der Waals surface area (Å²) in [6, 6.07) is 0.862. The largest absolute Gasteiger partial charge is 0.416 e. The van der Waals surface area contributed by atoms with E-state index in [-0.39, 0.29) is 5.56 Å². The number of alkyl halides is 3. The predicted octanol–water partition coefficient (Wildman–Crippen LogP) is 2.33. The maximum Gasteiger partial charge on any atom is 0.416 e. The first kappa shape index (κ1) is 15.2. The number of aromatic nitrogens is 1. The highest BCUT2D eigenvalue weighted by Gasteiger charge is 2.44. The molecule has 1 aliphatic heterocycles. The van der Waals surface area contributed by atoms with Crippen LogP contribution in [0.1, 0.15) is 30.1 Å². The van der Waals surface area contributed by atoms with Gasteiger partial charge in [-0.15, -0.1) is 0 Å². The van der Waals surface area contributed by atoms with E-state index in [1.54, 1.807) is 0 Å². The van der Waals surface area contributed by atoms with E-state index in [2.05, 4.69) is 4.98 Å². The molecule has 4 nitrogen and oxygen atoms in total. The number of halogens is 3. The molecule has 0 aromatic carbocycles. The Kier molecular flexibility index (Phi) is 4.31. The summed E-state index contributed by atoms with van der Waals surface area (Å²) < 4.78 is 49.5. The molecule has 1 atom stereocenters. The Morgan fingerprint density at radius 3 is 2.60 bits per heavy atom. The van der Waals surface area contributed by atoms with Crippen molar-refractivity contribution in [2.45, 2.75) is 30.7 Å². The number of hydrogen-bond donors (Lipinski definition) is 1. The zero-order valence-corrected chi connectivity index (χ0v) is 11.0. The lowest BCUT2D eigenvalue weighted by Gasteiger charge is -2.40. The average molecular weight is 291 g/mol. The molecule has 1 fully saturated rings. The van der Waals surface area contributed by atoms with Crippen molar-refractivity contribution in [2.24, 2.45) is 0 Å².